The van der Waals surface area contributed by atoms with E-state index in [1.807, 2.05) is 6.07 Å². The van der Waals surface area contributed by atoms with E-state index in [4.69, 9.17) is 0 Å². The van der Waals surface area contributed by atoms with Crippen LogP contribution in [0.3, 0.4) is 0 Å². The van der Waals surface area contributed by atoms with Gasteiger partial charge in [0.25, 0.3) is 0 Å². The van der Waals surface area contributed by atoms with Crippen LogP contribution in [0.25, 0.3) is 11.3 Å². The maximum atomic E-state index is 13.6. The van der Waals surface area contributed by atoms with Crippen molar-refractivity contribution in [1.82, 2.24) is 20.2 Å². The van der Waals surface area contributed by atoms with Crippen LogP contribution in [0.4, 0.5) is 24.9 Å². The first-order chi connectivity index (χ1) is 15.0. The molecule has 2 saturated carbocycles. The fraction of sp³-hybridized carbons (Fsp3) is 0.435. The molecule has 0 atom stereocenters. The Morgan fingerprint density at radius 3 is 2.42 bits per heavy atom. The van der Waals surface area contributed by atoms with Crippen molar-refractivity contribution < 1.29 is 13.2 Å². The van der Waals surface area contributed by atoms with Gasteiger partial charge < -0.3 is 5.32 Å². The van der Waals surface area contributed by atoms with Gasteiger partial charge in [-0.1, -0.05) is 37.5 Å². The second-order valence-corrected chi connectivity index (χ2v) is 8.49. The zero-order chi connectivity index (χ0) is 21.4. The SMILES string of the molecule is FC(F)(F)c1ccccc1-c1cc(C2CCCCC2)nc(Nc2cc(C3CC3)[nH]n2)n1. The molecule has 8 heteroatoms. The molecule has 0 unspecified atom stereocenters. The summed E-state index contributed by atoms with van der Waals surface area (Å²) in [6, 6.07) is 9.23. The predicted molar refractivity (Wildman–Crippen MR) is 112 cm³/mol. The van der Waals surface area contributed by atoms with Gasteiger partial charge in [0.2, 0.25) is 5.95 Å². The highest BCUT2D eigenvalue weighted by Crippen LogP contribution is 2.40. The Balaban J connectivity index is 1.54. The third-order valence-corrected chi connectivity index (χ3v) is 6.13. The molecule has 2 N–H and O–H groups in total. The van der Waals surface area contributed by atoms with E-state index >= 15 is 0 Å². The number of anilines is 2. The Bertz CT molecular complexity index is 1070. The lowest BCUT2D eigenvalue weighted by molar-refractivity contribution is -0.137. The Morgan fingerprint density at radius 2 is 1.68 bits per heavy atom. The summed E-state index contributed by atoms with van der Waals surface area (Å²) in [7, 11) is 0. The van der Waals surface area contributed by atoms with E-state index in [2.05, 4.69) is 25.5 Å². The first-order valence-corrected chi connectivity index (χ1v) is 10.9. The second kappa shape index (κ2) is 7.98. The van der Waals surface area contributed by atoms with E-state index in [9.17, 15) is 13.2 Å². The van der Waals surface area contributed by atoms with Gasteiger partial charge in [0.1, 0.15) is 0 Å². The van der Waals surface area contributed by atoms with Crippen LogP contribution in [0, 0.1) is 0 Å². The minimum Gasteiger partial charge on any atom is -0.307 e. The zero-order valence-electron chi connectivity index (χ0n) is 17.0. The van der Waals surface area contributed by atoms with Crippen LogP contribution in [-0.4, -0.2) is 20.2 Å². The van der Waals surface area contributed by atoms with Crippen molar-refractivity contribution >= 4 is 11.8 Å². The number of rotatable bonds is 5. The highest BCUT2D eigenvalue weighted by Gasteiger charge is 2.34. The minimum absolute atomic E-state index is 0.0678. The van der Waals surface area contributed by atoms with Crippen LogP contribution in [-0.2, 0) is 6.18 Å². The third-order valence-electron chi connectivity index (χ3n) is 6.13. The maximum Gasteiger partial charge on any atom is 0.417 e. The number of hydrogen-bond acceptors (Lipinski definition) is 4. The molecule has 0 spiro atoms. The maximum absolute atomic E-state index is 13.6. The summed E-state index contributed by atoms with van der Waals surface area (Å²) in [5.41, 5.74) is 1.52. The van der Waals surface area contributed by atoms with E-state index in [0.717, 1.165) is 56.0 Å². The Hall–Kier alpha value is -2.90. The molecule has 1 aromatic carbocycles. The fourth-order valence-electron chi connectivity index (χ4n) is 4.34. The average Bonchev–Trinajstić information content (AvgIpc) is 3.53. The second-order valence-electron chi connectivity index (χ2n) is 8.49. The fourth-order valence-corrected chi connectivity index (χ4v) is 4.34. The average molecular weight is 427 g/mol. The van der Waals surface area contributed by atoms with Crippen molar-refractivity contribution in [3.63, 3.8) is 0 Å². The van der Waals surface area contributed by atoms with E-state index in [0.29, 0.717) is 11.7 Å². The van der Waals surface area contributed by atoms with Gasteiger partial charge in [-0.2, -0.15) is 18.3 Å². The number of H-pyrrole nitrogens is 1. The molecule has 0 bridgehead atoms. The van der Waals surface area contributed by atoms with E-state index in [-0.39, 0.29) is 23.1 Å². The highest BCUT2D eigenvalue weighted by atomic mass is 19.4. The first-order valence-electron chi connectivity index (χ1n) is 10.9. The van der Waals surface area contributed by atoms with Gasteiger partial charge in [-0.15, -0.1) is 0 Å². The zero-order valence-corrected chi connectivity index (χ0v) is 17.0. The number of halogens is 3. The number of hydrogen-bond donors (Lipinski definition) is 2. The molecule has 0 saturated heterocycles. The molecule has 0 aliphatic heterocycles. The topological polar surface area (TPSA) is 66.5 Å². The highest BCUT2D eigenvalue weighted by molar-refractivity contribution is 5.66. The predicted octanol–water partition coefficient (Wildman–Crippen LogP) is 6.55. The van der Waals surface area contributed by atoms with Crippen LogP contribution < -0.4 is 5.32 Å². The van der Waals surface area contributed by atoms with Crippen molar-refractivity contribution in [1.29, 1.82) is 0 Å². The number of nitrogens with zero attached hydrogens (tertiary/aromatic N) is 3. The molecule has 2 fully saturated rings. The summed E-state index contributed by atoms with van der Waals surface area (Å²) in [6.45, 7) is 0. The van der Waals surface area contributed by atoms with E-state index < -0.39 is 11.7 Å². The summed E-state index contributed by atoms with van der Waals surface area (Å²) in [5, 5.41) is 10.4. The molecule has 2 aromatic heterocycles. The molecule has 31 heavy (non-hydrogen) atoms. The van der Waals surface area contributed by atoms with E-state index in [1.165, 1.54) is 18.6 Å². The molecular formula is C23H24F3N5. The molecule has 2 aliphatic carbocycles. The standard InChI is InChI=1S/C23H24F3N5/c24-23(25,26)17-9-5-4-8-16(17)20-12-18(14-6-2-1-3-7-14)27-22(28-20)29-21-13-19(30-31-21)15-10-11-15/h4-5,8-9,12-15H,1-3,6-7,10-11H2,(H2,27,28,29,30,31). The molecule has 2 aliphatic rings. The lowest BCUT2D eigenvalue weighted by atomic mass is 9.86. The van der Waals surface area contributed by atoms with Gasteiger partial charge in [-0.3, -0.25) is 5.10 Å². The molecule has 3 aromatic rings. The Morgan fingerprint density at radius 1 is 0.903 bits per heavy atom. The quantitative estimate of drug-likeness (QED) is 0.484. The van der Waals surface area contributed by atoms with Crippen LogP contribution in [0.15, 0.2) is 36.4 Å². The summed E-state index contributed by atoms with van der Waals surface area (Å²) >= 11 is 0. The molecule has 162 valence electrons. The van der Waals surface area contributed by atoms with Gasteiger partial charge >= 0.3 is 6.18 Å². The van der Waals surface area contributed by atoms with Gasteiger partial charge in [0.05, 0.1) is 11.3 Å². The Kier molecular flexibility index (Phi) is 5.16. The lowest BCUT2D eigenvalue weighted by Gasteiger charge is -2.22. The largest absolute Gasteiger partial charge is 0.417 e. The Labute approximate surface area is 178 Å². The molecule has 0 amide bonds. The minimum atomic E-state index is -4.46. The number of nitrogens with one attached hydrogen (secondary N) is 2. The summed E-state index contributed by atoms with van der Waals surface area (Å²) < 4.78 is 40.9. The number of alkyl halides is 3. The number of aromatic amines is 1. The van der Waals surface area contributed by atoms with Crippen LogP contribution in [0.2, 0.25) is 0 Å². The van der Waals surface area contributed by atoms with Gasteiger partial charge in [0.15, 0.2) is 5.82 Å². The van der Waals surface area contributed by atoms with Crippen LogP contribution in [0.5, 0.6) is 0 Å². The van der Waals surface area contributed by atoms with Crippen molar-refractivity contribution in [2.24, 2.45) is 0 Å². The normalized spacial score (nSPS) is 17.6. The molecular weight excluding hydrogens is 403 g/mol. The summed E-state index contributed by atoms with van der Waals surface area (Å²) in [5.74, 6) is 1.61. The van der Waals surface area contributed by atoms with Crippen LogP contribution >= 0.6 is 0 Å². The summed E-state index contributed by atoms with van der Waals surface area (Å²) in [6.07, 6.45) is 3.22. The third kappa shape index (κ3) is 4.43. The van der Waals surface area contributed by atoms with Crippen molar-refractivity contribution in [2.45, 2.75) is 63.0 Å². The summed E-state index contributed by atoms with van der Waals surface area (Å²) in [4.78, 5) is 9.14. The number of benzene rings is 1. The van der Waals surface area contributed by atoms with Gasteiger partial charge in [-0.05, 0) is 37.8 Å². The van der Waals surface area contributed by atoms with Crippen LogP contribution in [0.1, 0.15) is 73.7 Å². The molecule has 5 rings (SSSR count). The molecule has 0 radical (unpaired) electrons. The first kappa shape index (κ1) is 20.0. The van der Waals surface area contributed by atoms with Gasteiger partial charge in [-0.25, -0.2) is 9.97 Å². The molecule has 5 nitrogen and oxygen atoms in total. The van der Waals surface area contributed by atoms with E-state index in [1.54, 1.807) is 12.1 Å². The smallest absolute Gasteiger partial charge is 0.307 e. The lowest BCUT2D eigenvalue weighted by Crippen LogP contribution is -2.11. The van der Waals surface area contributed by atoms with Gasteiger partial charge in [0, 0.05) is 34.9 Å². The van der Waals surface area contributed by atoms with Crippen molar-refractivity contribution in [3.05, 3.63) is 53.3 Å². The number of aromatic nitrogens is 4. The monoisotopic (exact) mass is 427 g/mol. The van der Waals surface area contributed by atoms with Crippen molar-refractivity contribution in [3.8, 4) is 11.3 Å². The molecule has 2 heterocycles. The van der Waals surface area contributed by atoms with Crippen molar-refractivity contribution in [2.75, 3.05) is 5.32 Å².